The zero-order chi connectivity index (χ0) is 19.5. The molecule has 1 saturated heterocycles. The molecule has 0 spiro atoms. The minimum atomic E-state index is -0.329. The van der Waals surface area contributed by atoms with Gasteiger partial charge in [0.05, 0.1) is 5.69 Å². The summed E-state index contributed by atoms with van der Waals surface area (Å²) in [6, 6.07) is 16.4. The number of anilines is 4. The Hall–Kier alpha value is -2.86. The highest BCUT2D eigenvalue weighted by Crippen LogP contribution is 2.24. The summed E-state index contributed by atoms with van der Waals surface area (Å²) in [5, 5.41) is 3.73. The fourth-order valence-electron chi connectivity index (χ4n) is 3.32. The zero-order valence-corrected chi connectivity index (χ0v) is 16.3. The molecule has 4 rings (SSSR count). The van der Waals surface area contributed by atoms with E-state index in [-0.39, 0.29) is 5.82 Å². The van der Waals surface area contributed by atoms with Crippen molar-refractivity contribution in [2.45, 2.75) is 6.92 Å². The molecule has 3 aromatic rings. The van der Waals surface area contributed by atoms with Gasteiger partial charge < -0.3 is 15.1 Å². The van der Waals surface area contributed by atoms with Gasteiger partial charge in [-0.1, -0.05) is 29.8 Å². The number of benzene rings is 2. The third-order valence-electron chi connectivity index (χ3n) is 4.74. The molecule has 7 heteroatoms. The summed E-state index contributed by atoms with van der Waals surface area (Å²) in [6.45, 7) is 5.34. The van der Waals surface area contributed by atoms with Gasteiger partial charge >= 0.3 is 0 Å². The van der Waals surface area contributed by atoms with Crippen LogP contribution in [0, 0.1) is 12.7 Å². The topological polar surface area (TPSA) is 44.3 Å². The van der Waals surface area contributed by atoms with E-state index in [1.807, 2.05) is 31.2 Å². The van der Waals surface area contributed by atoms with Gasteiger partial charge in [0, 0.05) is 48.6 Å². The van der Waals surface area contributed by atoms with Gasteiger partial charge in [-0.3, -0.25) is 0 Å². The molecule has 2 heterocycles. The second-order valence-corrected chi connectivity index (χ2v) is 7.19. The van der Waals surface area contributed by atoms with Gasteiger partial charge in [-0.25, -0.2) is 9.37 Å². The Morgan fingerprint density at radius 1 is 0.929 bits per heavy atom. The number of nitrogens with zero attached hydrogens (tertiary/aromatic N) is 4. The lowest BCUT2D eigenvalue weighted by atomic mass is 10.2. The van der Waals surface area contributed by atoms with Gasteiger partial charge in [-0.05, 0) is 37.3 Å². The number of aromatic nitrogens is 2. The smallest absolute Gasteiger partial charge is 0.229 e. The summed E-state index contributed by atoms with van der Waals surface area (Å²) in [5.41, 5.74) is 2.33. The van der Waals surface area contributed by atoms with Crippen LogP contribution in [0.4, 0.5) is 27.5 Å². The third-order valence-corrected chi connectivity index (χ3v) is 4.97. The largest absolute Gasteiger partial charge is 0.368 e. The van der Waals surface area contributed by atoms with Crippen LogP contribution in [-0.4, -0.2) is 36.1 Å². The van der Waals surface area contributed by atoms with Crippen molar-refractivity contribution in [3.8, 4) is 0 Å². The average molecular weight is 398 g/mol. The first kappa shape index (κ1) is 18.5. The number of rotatable bonds is 4. The molecule has 144 valence electrons. The van der Waals surface area contributed by atoms with E-state index in [2.05, 4.69) is 31.2 Å². The van der Waals surface area contributed by atoms with Crippen molar-refractivity contribution in [1.82, 2.24) is 9.97 Å². The maximum absolute atomic E-state index is 13.9. The molecule has 2 aromatic carbocycles. The summed E-state index contributed by atoms with van der Waals surface area (Å²) in [6.07, 6.45) is 0. The highest BCUT2D eigenvalue weighted by molar-refractivity contribution is 6.30. The van der Waals surface area contributed by atoms with Crippen molar-refractivity contribution in [3.63, 3.8) is 0 Å². The summed E-state index contributed by atoms with van der Waals surface area (Å²) in [7, 11) is 0. The minimum absolute atomic E-state index is 0.329. The highest BCUT2D eigenvalue weighted by atomic mass is 35.5. The Balaban J connectivity index is 1.48. The van der Waals surface area contributed by atoms with Crippen LogP contribution in [0.3, 0.4) is 0 Å². The Morgan fingerprint density at radius 3 is 2.43 bits per heavy atom. The van der Waals surface area contributed by atoms with Crippen molar-refractivity contribution in [2.75, 3.05) is 41.3 Å². The molecule has 1 aliphatic heterocycles. The summed E-state index contributed by atoms with van der Waals surface area (Å²) < 4.78 is 13.9. The Kier molecular flexibility index (Phi) is 5.30. The molecule has 0 unspecified atom stereocenters. The van der Waals surface area contributed by atoms with E-state index in [0.717, 1.165) is 48.4 Å². The van der Waals surface area contributed by atoms with Crippen LogP contribution < -0.4 is 15.1 Å². The Morgan fingerprint density at radius 2 is 1.68 bits per heavy atom. The molecule has 1 fully saturated rings. The first-order valence-corrected chi connectivity index (χ1v) is 9.59. The average Bonchev–Trinajstić information content (AvgIpc) is 2.69. The standard InChI is InChI=1S/C21H21ClFN5/c1-15-13-20(26-21(24-15)25-19-8-3-2-7-18(19)23)28-11-9-27(10-12-28)17-6-4-5-16(22)14-17/h2-8,13-14H,9-12H2,1H3,(H,24,25,26). The minimum Gasteiger partial charge on any atom is -0.368 e. The predicted molar refractivity (Wildman–Crippen MR) is 112 cm³/mol. The van der Waals surface area contributed by atoms with Gasteiger partial charge in [-0.2, -0.15) is 4.98 Å². The number of para-hydroxylation sites is 1. The molecular formula is C21H21ClFN5. The first-order valence-electron chi connectivity index (χ1n) is 9.21. The number of hydrogen-bond acceptors (Lipinski definition) is 5. The Bertz CT molecular complexity index is 973. The maximum Gasteiger partial charge on any atom is 0.229 e. The molecule has 1 N–H and O–H groups in total. The van der Waals surface area contributed by atoms with Crippen LogP contribution in [0.15, 0.2) is 54.6 Å². The van der Waals surface area contributed by atoms with Crippen LogP contribution in [0.25, 0.3) is 0 Å². The molecule has 1 aliphatic rings. The van der Waals surface area contributed by atoms with Gasteiger partial charge in [0.1, 0.15) is 11.6 Å². The lowest BCUT2D eigenvalue weighted by Gasteiger charge is -2.37. The zero-order valence-electron chi connectivity index (χ0n) is 15.6. The van der Waals surface area contributed by atoms with Gasteiger partial charge in [0.2, 0.25) is 5.95 Å². The van der Waals surface area contributed by atoms with Crippen molar-refractivity contribution >= 4 is 34.7 Å². The van der Waals surface area contributed by atoms with Crippen LogP contribution in [0.1, 0.15) is 5.69 Å². The fourth-order valence-corrected chi connectivity index (χ4v) is 3.50. The molecule has 0 aliphatic carbocycles. The van der Waals surface area contributed by atoms with Crippen molar-refractivity contribution in [2.24, 2.45) is 0 Å². The van der Waals surface area contributed by atoms with Crippen molar-refractivity contribution in [3.05, 3.63) is 71.1 Å². The first-order chi connectivity index (χ1) is 13.6. The van der Waals surface area contributed by atoms with Crippen LogP contribution in [0.5, 0.6) is 0 Å². The fraction of sp³-hybridized carbons (Fsp3) is 0.238. The summed E-state index contributed by atoms with van der Waals surface area (Å²) >= 11 is 6.11. The monoisotopic (exact) mass is 397 g/mol. The van der Waals surface area contributed by atoms with Crippen LogP contribution in [-0.2, 0) is 0 Å². The molecular weight excluding hydrogens is 377 g/mol. The number of aryl methyl sites for hydroxylation is 1. The van der Waals surface area contributed by atoms with Crippen LogP contribution >= 0.6 is 11.6 Å². The molecule has 0 saturated carbocycles. The SMILES string of the molecule is Cc1cc(N2CCN(c3cccc(Cl)c3)CC2)nc(Nc2ccccc2F)n1. The van der Waals surface area contributed by atoms with E-state index in [4.69, 9.17) is 11.6 Å². The second-order valence-electron chi connectivity index (χ2n) is 6.75. The molecule has 0 radical (unpaired) electrons. The van der Waals surface area contributed by atoms with E-state index < -0.39 is 0 Å². The van der Waals surface area contributed by atoms with E-state index in [1.54, 1.807) is 18.2 Å². The normalized spacial score (nSPS) is 14.2. The lowest BCUT2D eigenvalue weighted by Crippen LogP contribution is -2.46. The van der Waals surface area contributed by atoms with Gasteiger partial charge in [0.15, 0.2) is 0 Å². The maximum atomic E-state index is 13.9. The second kappa shape index (κ2) is 8.02. The predicted octanol–water partition coefficient (Wildman–Crippen LogP) is 4.65. The van der Waals surface area contributed by atoms with E-state index in [0.29, 0.717) is 11.6 Å². The highest BCUT2D eigenvalue weighted by Gasteiger charge is 2.19. The molecule has 0 amide bonds. The molecule has 0 atom stereocenters. The summed E-state index contributed by atoms with van der Waals surface area (Å²) in [4.78, 5) is 13.5. The van der Waals surface area contributed by atoms with Crippen molar-refractivity contribution < 1.29 is 4.39 Å². The molecule has 5 nitrogen and oxygen atoms in total. The Labute approximate surface area is 168 Å². The quantitative estimate of drug-likeness (QED) is 0.694. The van der Waals surface area contributed by atoms with E-state index in [1.165, 1.54) is 6.07 Å². The lowest BCUT2D eigenvalue weighted by molar-refractivity contribution is 0.631. The van der Waals surface area contributed by atoms with Crippen LogP contribution in [0.2, 0.25) is 5.02 Å². The number of piperazine rings is 1. The number of nitrogens with one attached hydrogen (secondary N) is 1. The number of hydrogen-bond donors (Lipinski definition) is 1. The number of halogens is 2. The third kappa shape index (κ3) is 4.17. The van der Waals surface area contributed by atoms with Gasteiger partial charge in [0.25, 0.3) is 0 Å². The molecule has 1 aromatic heterocycles. The van der Waals surface area contributed by atoms with Gasteiger partial charge in [-0.15, -0.1) is 0 Å². The van der Waals surface area contributed by atoms with E-state index in [9.17, 15) is 4.39 Å². The molecule has 0 bridgehead atoms. The summed E-state index contributed by atoms with van der Waals surface area (Å²) in [5.74, 6) is 0.916. The van der Waals surface area contributed by atoms with E-state index >= 15 is 0 Å². The molecule has 28 heavy (non-hydrogen) atoms. The van der Waals surface area contributed by atoms with Crippen molar-refractivity contribution in [1.29, 1.82) is 0 Å².